The lowest BCUT2D eigenvalue weighted by Gasteiger charge is -2.15. The summed E-state index contributed by atoms with van der Waals surface area (Å²) in [7, 11) is -3.61. The summed E-state index contributed by atoms with van der Waals surface area (Å²) >= 11 is -1.90. The molecule has 26 heavy (non-hydrogen) atoms. The Kier molecular flexibility index (Phi) is 10.5. The lowest BCUT2D eigenvalue weighted by molar-refractivity contribution is 0.237. The third-order valence-electron chi connectivity index (χ3n) is 4.05. The number of hydrogen-bond donors (Lipinski definition) is 1. The highest BCUT2D eigenvalue weighted by Crippen LogP contribution is 2.16. The quantitative estimate of drug-likeness (QED) is 0.302. The van der Waals surface area contributed by atoms with Crippen molar-refractivity contribution < 1.29 is 21.9 Å². The van der Waals surface area contributed by atoms with Crippen LogP contribution < -0.4 is 0 Å². The van der Waals surface area contributed by atoms with Crippen molar-refractivity contribution in [2.24, 2.45) is 0 Å². The molecule has 7 nitrogen and oxygen atoms in total. The standard InChI is InChI=1S/C17H28N2O5S2/c1-2-3-4-5-6-7-14-26(22,23)16(15-18)8-9-17-19(10-12-24-17)11-13-25(20)21/h8-9H,2-7,10-14H2,1H3,(H,20,21). The summed E-state index contributed by atoms with van der Waals surface area (Å²) in [5.41, 5.74) is 0. The van der Waals surface area contributed by atoms with E-state index in [-0.39, 0.29) is 16.4 Å². The first-order chi connectivity index (χ1) is 12.4. The highest BCUT2D eigenvalue weighted by molar-refractivity contribution is 7.95. The van der Waals surface area contributed by atoms with E-state index in [0.717, 1.165) is 32.1 Å². The second-order valence-electron chi connectivity index (χ2n) is 6.10. The molecule has 1 fully saturated rings. The molecule has 0 saturated carbocycles. The zero-order valence-corrected chi connectivity index (χ0v) is 16.9. The van der Waals surface area contributed by atoms with Crippen molar-refractivity contribution in [3.8, 4) is 6.07 Å². The maximum atomic E-state index is 12.3. The number of hydrogen-bond acceptors (Lipinski definition) is 6. The van der Waals surface area contributed by atoms with E-state index in [1.54, 1.807) is 11.0 Å². The Morgan fingerprint density at radius 1 is 1.35 bits per heavy atom. The van der Waals surface area contributed by atoms with Gasteiger partial charge in [-0.1, -0.05) is 39.0 Å². The Bertz CT molecular complexity index is 665. The summed E-state index contributed by atoms with van der Waals surface area (Å²) in [5, 5.41) is 9.20. The van der Waals surface area contributed by atoms with E-state index in [4.69, 9.17) is 9.29 Å². The lowest BCUT2D eigenvalue weighted by atomic mass is 10.1. The second-order valence-corrected chi connectivity index (χ2v) is 9.22. The Morgan fingerprint density at radius 3 is 2.69 bits per heavy atom. The van der Waals surface area contributed by atoms with Gasteiger partial charge in [-0.3, -0.25) is 0 Å². The van der Waals surface area contributed by atoms with Crippen molar-refractivity contribution in [2.75, 3.05) is 31.2 Å². The fraction of sp³-hybridized carbons (Fsp3) is 0.706. The largest absolute Gasteiger partial charge is 0.477 e. The molecule has 1 aliphatic rings. The van der Waals surface area contributed by atoms with Crippen LogP contribution in [0, 0.1) is 11.3 Å². The van der Waals surface area contributed by atoms with E-state index >= 15 is 0 Å². The van der Waals surface area contributed by atoms with Crippen LogP contribution in [0.5, 0.6) is 0 Å². The molecule has 9 heteroatoms. The minimum Gasteiger partial charge on any atom is -0.477 e. The molecule has 1 unspecified atom stereocenters. The van der Waals surface area contributed by atoms with Gasteiger partial charge in [-0.2, -0.15) is 5.26 Å². The fourth-order valence-corrected chi connectivity index (χ4v) is 4.16. The van der Waals surface area contributed by atoms with Gasteiger partial charge in [-0.05, 0) is 12.5 Å². The Balaban J connectivity index is 2.64. The number of unbranched alkanes of at least 4 members (excludes halogenated alkanes) is 5. The van der Waals surface area contributed by atoms with Gasteiger partial charge in [0.1, 0.15) is 17.6 Å². The van der Waals surface area contributed by atoms with E-state index in [2.05, 4.69) is 6.92 Å². The number of sulfone groups is 1. The van der Waals surface area contributed by atoms with Gasteiger partial charge in [0, 0.05) is 12.6 Å². The zero-order chi connectivity index (χ0) is 19.4. The van der Waals surface area contributed by atoms with Crippen molar-refractivity contribution in [3.63, 3.8) is 0 Å². The number of rotatable bonds is 12. The average molecular weight is 405 g/mol. The minimum absolute atomic E-state index is 0.0320. The van der Waals surface area contributed by atoms with Crippen LogP contribution >= 0.6 is 0 Å². The van der Waals surface area contributed by atoms with Gasteiger partial charge in [0.15, 0.2) is 26.8 Å². The summed E-state index contributed by atoms with van der Waals surface area (Å²) in [6.45, 7) is 3.43. The topological polar surface area (TPSA) is 108 Å². The minimum atomic E-state index is -3.61. The molecular formula is C17H28N2O5S2. The molecule has 0 spiro atoms. The summed E-state index contributed by atoms with van der Waals surface area (Å²) in [4.78, 5) is 1.47. The van der Waals surface area contributed by atoms with Crippen molar-refractivity contribution in [2.45, 2.75) is 45.4 Å². The molecule has 0 aliphatic carbocycles. The molecule has 0 amide bonds. The molecule has 0 aromatic carbocycles. The SMILES string of the molecule is CCCCCCCCS(=O)(=O)C(C#N)=CC=C1OCCN1CCS(=O)O. The van der Waals surface area contributed by atoms with Crippen LogP contribution in [-0.4, -0.2) is 53.3 Å². The number of nitrogens with zero attached hydrogens (tertiary/aromatic N) is 2. The van der Waals surface area contributed by atoms with E-state index < -0.39 is 20.9 Å². The molecule has 0 bridgehead atoms. The average Bonchev–Trinajstić information content (AvgIpc) is 3.04. The molecule has 1 rings (SSSR count). The second kappa shape index (κ2) is 12.1. The summed E-state index contributed by atoms with van der Waals surface area (Å²) in [6, 6.07) is 1.76. The van der Waals surface area contributed by atoms with Gasteiger partial charge in [0.2, 0.25) is 0 Å². The predicted octanol–water partition coefficient (Wildman–Crippen LogP) is 2.56. The third-order valence-corrected chi connectivity index (χ3v) is 6.30. The molecular weight excluding hydrogens is 376 g/mol. The van der Waals surface area contributed by atoms with Gasteiger partial charge < -0.3 is 14.2 Å². The van der Waals surface area contributed by atoms with Gasteiger partial charge in [0.05, 0.1) is 18.1 Å². The maximum absolute atomic E-state index is 12.3. The highest BCUT2D eigenvalue weighted by Gasteiger charge is 2.20. The normalized spacial score (nSPS) is 18.0. The van der Waals surface area contributed by atoms with Crippen LogP contribution in [-0.2, 0) is 25.7 Å². The van der Waals surface area contributed by atoms with Gasteiger partial charge in [-0.25, -0.2) is 12.6 Å². The van der Waals surface area contributed by atoms with Gasteiger partial charge in [-0.15, -0.1) is 0 Å². The Morgan fingerprint density at radius 2 is 2.04 bits per heavy atom. The van der Waals surface area contributed by atoms with Crippen molar-refractivity contribution in [1.29, 1.82) is 5.26 Å². The number of allylic oxidation sites excluding steroid dienone is 3. The molecule has 1 atom stereocenters. The van der Waals surface area contributed by atoms with Crippen LogP contribution in [0.3, 0.4) is 0 Å². The van der Waals surface area contributed by atoms with Crippen LogP contribution in [0.4, 0.5) is 0 Å². The van der Waals surface area contributed by atoms with E-state index in [1.165, 1.54) is 12.2 Å². The Labute approximate surface area is 158 Å². The van der Waals surface area contributed by atoms with Crippen LogP contribution in [0.2, 0.25) is 0 Å². The number of nitriles is 1. The molecule has 1 saturated heterocycles. The molecule has 1 aliphatic heterocycles. The monoisotopic (exact) mass is 404 g/mol. The molecule has 0 aromatic rings. The van der Waals surface area contributed by atoms with E-state index in [1.807, 2.05) is 0 Å². The van der Waals surface area contributed by atoms with Crippen molar-refractivity contribution >= 4 is 20.9 Å². The van der Waals surface area contributed by atoms with Crippen molar-refractivity contribution in [1.82, 2.24) is 4.90 Å². The van der Waals surface area contributed by atoms with Crippen LogP contribution in [0.15, 0.2) is 22.9 Å². The van der Waals surface area contributed by atoms with Crippen molar-refractivity contribution in [3.05, 3.63) is 22.9 Å². The summed E-state index contributed by atoms with van der Waals surface area (Å²) in [6.07, 6.45) is 8.51. The molecule has 0 radical (unpaired) electrons. The predicted molar refractivity (Wildman–Crippen MR) is 102 cm³/mol. The summed E-state index contributed by atoms with van der Waals surface area (Å²) < 4.78 is 49.7. The first kappa shape index (κ1) is 22.7. The van der Waals surface area contributed by atoms with Crippen LogP contribution in [0.25, 0.3) is 0 Å². The highest BCUT2D eigenvalue weighted by atomic mass is 32.2. The Hall–Kier alpha value is -1.37. The molecule has 1 heterocycles. The van der Waals surface area contributed by atoms with E-state index in [0.29, 0.717) is 32.0 Å². The first-order valence-electron chi connectivity index (χ1n) is 8.90. The smallest absolute Gasteiger partial charge is 0.189 e. The lowest BCUT2D eigenvalue weighted by Crippen LogP contribution is -2.24. The third kappa shape index (κ3) is 8.34. The van der Waals surface area contributed by atoms with Crippen LogP contribution in [0.1, 0.15) is 45.4 Å². The maximum Gasteiger partial charge on any atom is 0.189 e. The number of ether oxygens (including phenoxy) is 1. The zero-order valence-electron chi connectivity index (χ0n) is 15.2. The fourth-order valence-electron chi connectivity index (χ4n) is 2.57. The molecule has 1 N–H and O–H groups in total. The van der Waals surface area contributed by atoms with Gasteiger partial charge in [0.25, 0.3) is 0 Å². The molecule has 148 valence electrons. The molecule has 0 aromatic heterocycles. The van der Waals surface area contributed by atoms with Gasteiger partial charge >= 0.3 is 0 Å². The first-order valence-corrected chi connectivity index (χ1v) is 11.8. The summed E-state index contributed by atoms with van der Waals surface area (Å²) in [5.74, 6) is 0.458. The van der Waals surface area contributed by atoms with E-state index in [9.17, 15) is 17.9 Å².